The summed E-state index contributed by atoms with van der Waals surface area (Å²) < 4.78 is 0. The van der Waals surface area contributed by atoms with E-state index in [0.29, 0.717) is 6.54 Å². The molecule has 0 aliphatic carbocycles. The molecule has 3 amide bonds. The third-order valence-corrected chi connectivity index (χ3v) is 3.02. The molecule has 2 rings (SSSR count). The van der Waals surface area contributed by atoms with E-state index < -0.39 is 17.1 Å². The third-order valence-electron chi connectivity index (χ3n) is 2.21. The Morgan fingerprint density at radius 2 is 2.00 bits per heavy atom. The van der Waals surface area contributed by atoms with Gasteiger partial charge in [-0.3, -0.25) is 19.7 Å². The maximum atomic E-state index is 11.5. The lowest BCUT2D eigenvalue weighted by atomic mass is 10.2. The number of carbonyl (C=O) groups excluding carboxylic acids is 3. The maximum absolute atomic E-state index is 11.5. The highest BCUT2D eigenvalue weighted by molar-refractivity contribution is 8.18. The minimum Gasteiger partial charge on any atom is -0.348 e. The van der Waals surface area contributed by atoms with Crippen LogP contribution in [0.15, 0.2) is 41.3 Å². The Morgan fingerprint density at radius 3 is 2.61 bits per heavy atom. The topological polar surface area (TPSA) is 75.3 Å². The van der Waals surface area contributed by atoms with Crippen LogP contribution in [0.1, 0.15) is 5.56 Å². The average molecular weight is 262 g/mol. The fourth-order valence-electron chi connectivity index (χ4n) is 1.38. The minimum atomic E-state index is -0.528. The van der Waals surface area contributed by atoms with E-state index in [1.807, 2.05) is 30.3 Å². The Bertz CT molecular complexity index is 525. The first-order chi connectivity index (χ1) is 8.65. The molecule has 1 aliphatic heterocycles. The summed E-state index contributed by atoms with van der Waals surface area (Å²) in [5.41, 5.74) is 0.962. The molecule has 6 heteroatoms. The molecule has 2 N–H and O–H groups in total. The van der Waals surface area contributed by atoms with Crippen LogP contribution in [0.2, 0.25) is 0 Å². The van der Waals surface area contributed by atoms with Crippen molar-refractivity contribution in [3.63, 3.8) is 0 Å². The first-order valence-corrected chi connectivity index (χ1v) is 6.03. The summed E-state index contributed by atoms with van der Waals surface area (Å²) in [6.07, 6.45) is 1.13. The molecule has 1 aromatic rings. The van der Waals surface area contributed by atoms with Gasteiger partial charge in [-0.15, -0.1) is 0 Å². The zero-order valence-electron chi connectivity index (χ0n) is 9.30. The van der Waals surface area contributed by atoms with E-state index in [2.05, 4.69) is 10.6 Å². The van der Waals surface area contributed by atoms with Gasteiger partial charge >= 0.3 is 0 Å². The summed E-state index contributed by atoms with van der Waals surface area (Å²) in [5.74, 6) is -0.925. The van der Waals surface area contributed by atoms with Crippen LogP contribution in [0.5, 0.6) is 0 Å². The van der Waals surface area contributed by atoms with Crippen LogP contribution in [0.25, 0.3) is 0 Å². The highest BCUT2D eigenvalue weighted by atomic mass is 32.2. The summed E-state index contributed by atoms with van der Waals surface area (Å²) in [5, 5.41) is 4.27. The Morgan fingerprint density at radius 1 is 1.28 bits per heavy atom. The van der Waals surface area contributed by atoms with Gasteiger partial charge in [0.25, 0.3) is 11.1 Å². The number of imide groups is 1. The molecule has 0 bridgehead atoms. The van der Waals surface area contributed by atoms with E-state index in [1.165, 1.54) is 0 Å². The smallest absolute Gasteiger partial charge is 0.290 e. The standard InChI is InChI=1S/C12H10N2O3S/c15-10(6-9-11(16)14-12(17)18-9)13-7-8-4-2-1-3-5-8/h1-6H,7H2,(H,13,15)(H,14,16,17)/b9-6+. The van der Waals surface area contributed by atoms with Crippen LogP contribution in [0.3, 0.4) is 0 Å². The molecular weight excluding hydrogens is 252 g/mol. The van der Waals surface area contributed by atoms with Gasteiger partial charge < -0.3 is 5.32 Å². The van der Waals surface area contributed by atoms with Crippen LogP contribution in [-0.4, -0.2) is 17.1 Å². The van der Waals surface area contributed by atoms with E-state index >= 15 is 0 Å². The van der Waals surface area contributed by atoms with Crippen LogP contribution in [0, 0.1) is 0 Å². The summed E-state index contributed by atoms with van der Waals surface area (Å²) >= 11 is 0.724. The average Bonchev–Trinajstić information content (AvgIpc) is 2.67. The zero-order chi connectivity index (χ0) is 13.0. The van der Waals surface area contributed by atoms with Gasteiger partial charge in [-0.1, -0.05) is 30.3 Å². The summed E-state index contributed by atoms with van der Waals surface area (Å²) in [4.78, 5) is 33.7. The predicted octanol–water partition coefficient (Wildman–Crippen LogP) is 1.17. The van der Waals surface area contributed by atoms with E-state index in [4.69, 9.17) is 0 Å². The lowest BCUT2D eigenvalue weighted by molar-refractivity contribution is -0.118. The van der Waals surface area contributed by atoms with Crippen LogP contribution >= 0.6 is 11.8 Å². The van der Waals surface area contributed by atoms with Crippen molar-refractivity contribution in [1.29, 1.82) is 0 Å². The highest BCUT2D eigenvalue weighted by Gasteiger charge is 2.25. The second kappa shape index (κ2) is 5.50. The normalized spacial score (nSPS) is 16.8. The van der Waals surface area contributed by atoms with Gasteiger partial charge in [-0.05, 0) is 17.3 Å². The fraction of sp³-hybridized carbons (Fsp3) is 0.0833. The summed E-state index contributed by atoms with van der Waals surface area (Å²) in [6.45, 7) is 0.379. The number of carbonyl (C=O) groups is 3. The van der Waals surface area contributed by atoms with Crippen molar-refractivity contribution in [3.8, 4) is 0 Å². The minimum absolute atomic E-state index is 0.116. The molecule has 1 fully saturated rings. The monoisotopic (exact) mass is 262 g/mol. The molecule has 0 aromatic heterocycles. The van der Waals surface area contributed by atoms with Gasteiger partial charge in [0, 0.05) is 12.6 Å². The predicted molar refractivity (Wildman–Crippen MR) is 67.5 cm³/mol. The second-order valence-electron chi connectivity index (χ2n) is 3.56. The van der Waals surface area contributed by atoms with Gasteiger partial charge in [-0.25, -0.2) is 0 Å². The SMILES string of the molecule is O=C(/C=C1/SC(=O)NC1=O)NCc1ccccc1. The van der Waals surface area contributed by atoms with Crippen molar-refractivity contribution in [3.05, 3.63) is 46.9 Å². The third kappa shape index (κ3) is 3.21. The van der Waals surface area contributed by atoms with E-state index in [-0.39, 0.29) is 4.91 Å². The number of rotatable bonds is 3. The van der Waals surface area contributed by atoms with Crippen molar-refractivity contribution in [1.82, 2.24) is 10.6 Å². The van der Waals surface area contributed by atoms with Gasteiger partial charge in [0.15, 0.2) is 0 Å². The van der Waals surface area contributed by atoms with Crippen molar-refractivity contribution >= 4 is 28.8 Å². The van der Waals surface area contributed by atoms with Crippen LogP contribution in [0.4, 0.5) is 4.79 Å². The molecule has 18 heavy (non-hydrogen) atoms. The zero-order valence-corrected chi connectivity index (χ0v) is 10.1. The number of amides is 3. The molecule has 0 spiro atoms. The molecule has 1 saturated heterocycles. The Balaban J connectivity index is 1.91. The van der Waals surface area contributed by atoms with Crippen molar-refractivity contribution < 1.29 is 14.4 Å². The lowest BCUT2D eigenvalue weighted by Gasteiger charge is -2.02. The number of nitrogens with one attached hydrogen (secondary N) is 2. The van der Waals surface area contributed by atoms with Crippen LogP contribution < -0.4 is 10.6 Å². The van der Waals surface area contributed by atoms with Gasteiger partial charge in [-0.2, -0.15) is 0 Å². The number of benzene rings is 1. The van der Waals surface area contributed by atoms with Crippen LogP contribution in [-0.2, 0) is 16.1 Å². The summed E-state index contributed by atoms with van der Waals surface area (Å²) in [6, 6.07) is 9.40. The van der Waals surface area contributed by atoms with E-state index in [0.717, 1.165) is 23.4 Å². The Hall–Kier alpha value is -2.08. The van der Waals surface area contributed by atoms with Gasteiger partial charge in [0.2, 0.25) is 5.91 Å². The largest absolute Gasteiger partial charge is 0.348 e. The molecule has 0 unspecified atom stereocenters. The van der Waals surface area contributed by atoms with Gasteiger partial charge in [0.05, 0.1) is 4.91 Å². The first kappa shape index (κ1) is 12.4. The van der Waals surface area contributed by atoms with Crippen molar-refractivity contribution in [2.45, 2.75) is 6.54 Å². The molecule has 1 heterocycles. The molecule has 5 nitrogen and oxygen atoms in total. The summed E-state index contributed by atoms with van der Waals surface area (Å²) in [7, 11) is 0. The van der Waals surface area contributed by atoms with E-state index in [9.17, 15) is 14.4 Å². The molecule has 0 saturated carbocycles. The molecule has 1 aliphatic rings. The second-order valence-corrected chi connectivity index (χ2v) is 4.57. The Kier molecular flexibility index (Phi) is 3.78. The van der Waals surface area contributed by atoms with E-state index in [1.54, 1.807) is 0 Å². The number of hydrogen-bond donors (Lipinski definition) is 2. The van der Waals surface area contributed by atoms with Crippen molar-refractivity contribution in [2.75, 3.05) is 0 Å². The molecule has 0 radical (unpaired) electrons. The first-order valence-electron chi connectivity index (χ1n) is 5.22. The molecule has 0 atom stereocenters. The highest BCUT2D eigenvalue weighted by Crippen LogP contribution is 2.22. The molecule has 92 valence electrons. The molecular formula is C12H10N2O3S. The molecule has 1 aromatic carbocycles. The lowest BCUT2D eigenvalue weighted by Crippen LogP contribution is -2.22. The maximum Gasteiger partial charge on any atom is 0.290 e. The number of thioether (sulfide) groups is 1. The fourth-order valence-corrected chi connectivity index (χ4v) is 2.03. The van der Waals surface area contributed by atoms with Gasteiger partial charge in [0.1, 0.15) is 0 Å². The Labute approximate surface area is 108 Å². The quantitative estimate of drug-likeness (QED) is 0.802. The number of hydrogen-bond acceptors (Lipinski definition) is 4. The van der Waals surface area contributed by atoms with Crippen molar-refractivity contribution in [2.24, 2.45) is 0 Å².